The molecule has 4 nitrogen and oxygen atoms in total. The van der Waals surface area contributed by atoms with E-state index in [0.29, 0.717) is 16.4 Å². The molecule has 6 heteroatoms. The number of hydrogen-bond donors (Lipinski definition) is 1. The predicted molar refractivity (Wildman–Crippen MR) is 82.7 cm³/mol. The molecule has 0 bridgehead atoms. The van der Waals surface area contributed by atoms with Crippen LogP contribution in [-0.2, 0) is 0 Å². The zero-order valence-electron chi connectivity index (χ0n) is 11.8. The first kappa shape index (κ1) is 15.2. The van der Waals surface area contributed by atoms with E-state index >= 15 is 0 Å². The van der Waals surface area contributed by atoms with Gasteiger partial charge in [-0.2, -0.15) is 16.7 Å². The lowest BCUT2D eigenvalue weighted by Gasteiger charge is -2.27. The van der Waals surface area contributed by atoms with Crippen LogP contribution in [0.3, 0.4) is 0 Å². The lowest BCUT2D eigenvalue weighted by Crippen LogP contribution is -2.26. The second kappa shape index (κ2) is 6.99. The molecule has 0 saturated carbocycles. The van der Waals surface area contributed by atoms with Gasteiger partial charge in [-0.3, -0.25) is 0 Å². The van der Waals surface area contributed by atoms with Crippen molar-refractivity contribution in [2.24, 2.45) is 5.73 Å². The Balaban J connectivity index is 2.11. The highest BCUT2D eigenvalue weighted by Gasteiger charge is 2.31. The van der Waals surface area contributed by atoms with Crippen LogP contribution >= 0.6 is 23.5 Å². The van der Waals surface area contributed by atoms with Crippen molar-refractivity contribution < 1.29 is 4.52 Å². The minimum atomic E-state index is 0.0867. The number of thioether (sulfide) groups is 2. The third-order valence-corrected chi connectivity index (χ3v) is 6.91. The van der Waals surface area contributed by atoms with Crippen molar-refractivity contribution >= 4 is 23.5 Å². The predicted octanol–water partition coefficient (Wildman–Crippen LogP) is 3.21. The molecule has 1 aromatic heterocycles. The molecule has 2 rings (SSSR count). The molecular formula is C13H23N3OS2. The highest BCUT2D eigenvalue weighted by atomic mass is 32.2. The summed E-state index contributed by atoms with van der Waals surface area (Å²) in [5, 5.41) is 5.16. The second-order valence-electron chi connectivity index (χ2n) is 4.96. The van der Waals surface area contributed by atoms with E-state index in [1.54, 1.807) is 0 Å². The van der Waals surface area contributed by atoms with Crippen molar-refractivity contribution in [2.75, 3.05) is 11.5 Å². The Morgan fingerprint density at radius 3 is 2.79 bits per heavy atom. The molecular weight excluding hydrogens is 278 g/mol. The van der Waals surface area contributed by atoms with Gasteiger partial charge in [0.2, 0.25) is 5.89 Å². The summed E-state index contributed by atoms with van der Waals surface area (Å²) < 4.78 is 5.43. The van der Waals surface area contributed by atoms with E-state index in [1.165, 1.54) is 11.5 Å². The molecule has 2 heterocycles. The smallest absolute Gasteiger partial charge is 0.231 e. The van der Waals surface area contributed by atoms with Crippen molar-refractivity contribution in [3.8, 4) is 0 Å². The zero-order valence-corrected chi connectivity index (χ0v) is 13.5. The zero-order chi connectivity index (χ0) is 13.8. The van der Waals surface area contributed by atoms with Gasteiger partial charge in [-0.05, 0) is 12.8 Å². The van der Waals surface area contributed by atoms with Gasteiger partial charge in [-0.15, -0.1) is 11.8 Å². The molecule has 108 valence electrons. The van der Waals surface area contributed by atoms with E-state index in [1.807, 2.05) is 23.5 Å². The van der Waals surface area contributed by atoms with Gasteiger partial charge in [0.25, 0.3) is 0 Å². The summed E-state index contributed by atoms with van der Waals surface area (Å²) in [4.78, 5) is 4.61. The van der Waals surface area contributed by atoms with Crippen molar-refractivity contribution in [3.05, 3.63) is 11.7 Å². The largest absolute Gasteiger partial charge is 0.339 e. The van der Waals surface area contributed by atoms with Crippen LogP contribution in [0.25, 0.3) is 0 Å². The third-order valence-electron chi connectivity index (χ3n) is 3.67. The van der Waals surface area contributed by atoms with E-state index in [4.69, 9.17) is 10.3 Å². The average molecular weight is 301 g/mol. The Labute approximate surface area is 123 Å². The first-order valence-electron chi connectivity index (χ1n) is 6.99. The summed E-state index contributed by atoms with van der Waals surface area (Å²) >= 11 is 3.98. The molecule has 0 radical (unpaired) electrons. The number of aromatic nitrogens is 2. The van der Waals surface area contributed by atoms with Gasteiger partial charge in [-0.1, -0.05) is 25.9 Å². The van der Waals surface area contributed by atoms with Crippen molar-refractivity contribution in [2.45, 2.75) is 56.1 Å². The van der Waals surface area contributed by atoms with Crippen LogP contribution < -0.4 is 5.73 Å². The van der Waals surface area contributed by atoms with E-state index in [2.05, 4.69) is 30.9 Å². The number of hydrogen-bond acceptors (Lipinski definition) is 6. The molecule has 1 aliphatic heterocycles. The maximum absolute atomic E-state index is 6.05. The number of nitrogens with zero attached hydrogens (tertiary/aromatic N) is 2. The van der Waals surface area contributed by atoms with Crippen molar-refractivity contribution in [3.63, 3.8) is 0 Å². The van der Waals surface area contributed by atoms with Crippen LogP contribution in [0.5, 0.6) is 0 Å². The van der Waals surface area contributed by atoms with Crippen LogP contribution in [0.2, 0.25) is 0 Å². The number of nitrogens with two attached hydrogens (primary N) is 1. The normalized spacial score (nSPS) is 27.2. The molecule has 0 aliphatic carbocycles. The first-order valence-corrected chi connectivity index (χ1v) is 9.09. The molecule has 1 aromatic rings. The summed E-state index contributed by atoms with van der Waals surface area (Å²) in [5.41, 5.74) is 6.05. The summed E-state index contributed by atoms with van der Waals surface area (Å²) in [7, 11) is 0. The van der Waals surface area contributed by atoms with Gasteiger partial charge in [0, 0.05) is 22.8 Å². The molecule has 0 spiro atoms. The van der Waals surface area contributed by atoms with Crippen LogP contribution in [0.15, 0.2) is 4.52 Å². The summed E-state index contributed by atoms with van der Waals surface area (Å²) in [5.74, 6) is 4.07. The highest BCUT2D eigenvalue weighted by molar-refractivity contribution is 8.06. The summed E-state index contributed by atoms with van der Waals surface area (Å²) in [6.07, 6.45) is 2.07. The summed E-state index contributed by atoms with van der Waals surface area (Å²) in [6.45, 7) is 6.37. The Morgan fingerprint density at radius 2 is 2.11 bits per heavy atom. The minimum absolute atomic E-state index is 0.0867. The van der Waals surface area contributed by atoms with Crippen LogP contribution in [0.1, 0.15) is 56.5 Å². The first-order chi connectivity index (χ1) is 9.17. The second-order valence-corrected chi connectivity index (χ2v) is 7.56. The molecule has 4 unspecified atom stereocenters. The van der Waals surface area contributed by atoms with Gasteiger partial charge in [-0.25, -0.2) is 0 Å². The third kappa shape index (κ3) is 3.47. The maximum atomic E-state index is 6.05. The standard InChI is InChI=1S/C13H23N3OS2/c1-4-9(14)8(3)13-15-12(16-17-13)11-10(5-2)18-6-7-19-11/h8-11H,4-7,14H2,1-3H3. The van der Waals surface area contributed by atoms with E-state index in [9.17, 15) is 0 Å². The van der Waals surface area contributed by atoms with Gasteiger partial charge >= 0.3 is 0 Å². The molecule has 1 saturated heterocycles. The molecule has 1 aliphatic rings. The number of rotatable bonds is 5. The van der Waals surface area contributed by atoms with Crippen molar-refractivity contribution in [1.82, 2.24) is 10.1 Å². The van der Waals surface area contributed by atoms with Gasteiger partial charge in [0.05, 0.1) is 11.2 Å². The van der Waals surface area contributed by atoms with Crippen LogP contribution in [0, 0.1) is 0 Å². The Hall–Kier alpha value is -0.200. The minimum Gasteiger partial charge on any atom is -0.339 e. The lowest BCUT2D eigenvalue weighted by atomic mass is 10.0. The molecule has 0 aromatic carbocycles. The van der Waals surface area contributed by atoms with E-state index < -0.39 is 0 Å². The Morgan fingerprint density at radius 1 is 1.37 bits per heavy atom. The molecule has 1 fully saturated rings. The summed E-state index contributed by atoms with van der Waals surface area (Å²) in [6, 6.07) is 0.0867. The SMILES string of the molecule is CCC(N)C(C)c1nc(C2SCCSC2CC)no1. The van der Waals surface area contributed by atoms with Crippen LogP contribution in [-0.4, -0.2) is 32.9 Å². The average Bonchev–Trinajstić information content (AvgIpc) is 2.95. The van der Waals surface area contributed by atoms with E-state index in [-0.39, 0.29) is 12.0 Å². The topological polar surface area (TPSA) is 64.9 Å². The molecule has 0 amide bonds. The van der Waals surface area contributed by atoms with E-state index in [0.717, 1.165) is 18.7 Å². The highest BCUT2D eigenvalue weighted by Crippen LogP contribution is 2.43. The van der Waals surface area contributed by atoms with Gasteiger partial charge in [0.15, 0.2) is 5.82 Å². The Bertz CT molecular complexity index is 399. The van der Waals surface area contributed by atoms with Crippen LogP contribution in [0.4, 0.5) is 0 Å². The van der Waals surface area contributed by atoms with Crippen molar-refractivity contribution in [1.29, 1.82) is 0 Å². The fourth-order valence-corrected chi connectivity index (χ4v) is 5.21. The van der Waals surface area contributed by atoms with Gasteiger partial charge < -0.3 is 10.3 Å². The monoisotopic (exact) mass is 301 g/mol. The fourth-order valence-electron chi connectivity index (χ4n) is 2.23. The maximum Gasteiger partial charge on any atom is 0.231 e. The molecule has 4 atom stereocenters. The molecule has 2 N–H and O–H groups in total. The lowest BCUT2D eigenvalue weighted by molar-refractivity contribution is 0.336. The quantitative estimate of drug-likeness (QED) is 0.901. The van der Waals surface area contributed by atoms with Gasteiger partial charge in [0.1, 0.15) is 0 Å². The Kier molecular flexibility index (Phi) is 5.59. The molecule has 19 heavy (non-hydrogen) atoms. The fraction of sp³-hybridized carbons (Fsp3) is 0.846.